The van der Waals surface area contributed by atoms with Gasteiger partial charge in [-0.25, -0.2) is 4.98 Å². The second-order valence-corrected chi connectivity index (χ2v) is 1.94. The molecule has 0 aliphatic heterocycles. The van der Waals surface area contributed by atoms with Crippen LogP contribution in [0.4, 0.5) is 5.82 Å². The van der Waals surface area contributed by atoms with E-state index in [4.69, 9.17) is 10.3 Å². The van der Waals surface area contributed by atoms with Gasteiger partial charge in [0, 0.05) is 11.6 Å². The van der Waals surface area contributed by atoms with Gasteiger partial charge >= 0.3 is 0 Å². The molecule has 2 heterocycles. The smallest absolute Gasteiger partial charge is 0.208 e. The highest BCUT2D eigenvalue weighted by Crippen LogP contribution is 2.16. The molecule has 0 amide bonds. The van der Waals surface area contributed by atoms with Gasteiger partial charge in [-0.1, -0.05) is 5.16 Å². The molecule has 0 aliphatic carbocycles. The molecule has 2 aromatic heterocycles. The van der Waals surface area contributed by atoms with Gasteiger partial charge in [0.1, 0.15) is 0 Å². The number of hydrogen-bond acceptors (Lipinski definition) is 4. The highest BCUT2D eigenvalue weighted by Gasteiger charge is 2.00. The third-order valence-electron chi connectivity index (χ3n) is 1.30. The van der Waals surface area contributed by atoms with Crippen LogP contribution in [0.25, 0.3) is 11.0 Å². The van der Waals surface area contributed by atoms with Crippen molar-refractivity contribution in [3.05, 3.63) is 18.5 Å². The zero-order valence-corrected chi connectivity index (χ0v) is 5.11. The minimum atomic E-state index is 0.384. The molecule has 4 heteroatoms. The summed E-state index contributed by atoms with van der Waals surface area (Å²) in [6, 6.07) is 1.79. The molecule has 0 saturated heterocycles. The van der Waals surface area contributed by atoms with Gasteiger partial charge in [-0.2, -0.15) is 0 Å². The number of nitrogen functional groups attached to an aromatic ring is 1. The van der Waals surface area contributed by atoms with Crippen LogP contribution in [0.2, 0.25) is 0 Å². The Balaban J connectivity index is 2.95. The first kappa shape index (κ1) is 5.22. The highest BCUT2D eigenvalue weighted by atomic mass is 16.5. The Bertz CT molecular complexity index is 355. The van der Waals surface area contributed by atoms with E-state index in [2.05, 4.69) is 10.1 Å². The third-order valence-corrected chi connectivity index (χ3v) is 1.30. The van der Waals surface area contributed by atoms with E-state index < -0.39 is 0 Å². The van der Waals surface area contributed by atoms with Crippen LogP contribution < -0.4 is 5.73 Å². The molecule has 2 aromatic rings. The summed E-state index contributed by atoms with van der Waals surface area (Å²) in [5.41, 5.74) is 6.01. The Morgan fingerprint density at radius 3 is 3.20 bits per heavy atom. The Morgan fingerprint density at radius 1 is 1.50 bits per heavy atom. The topological polar surface area (TPSA) is 64.9 Å². The molecular formula is C6H5N3O. The van der Waals surface area contributed by atoms with Gasteiger partial charge in [0.15, 0.2) is 5.82 Å². The van der Waals surface area contributed by atoms with Crippen molar-refractivity contribution in [2.24, 2.45) is 0 Å². The molecule has 50 valence electrons. The fourth-order valence-electron chi connectivity index (χ4n) is 0.817. The van der Waals surface area contributed by atoms with Gasteiger partial charge in [0.2, 0.25) is 5.58 Å². The van der Waals surface area contributed by atoms with Crippen molar-refractivity contribution in [2.45, 2.75) is 0 Å². The molecule has 0 aromatic carbocycles. The van der Waals surface area contributed by atoms with Crippen LogP contribution in [0.1, 0.15) is 0 Å². The lowest BCUT2D eigenvalue weighted by atomic mass is 10.3. The minimum Gasteiger partial charge on any atom is -0.380 e. The van der Waals surface area contributed by atoms with Crippen LogP contribution in [0, 0.1) is 0 Å². The monoisotopic (exact) mass is 135 g/mol. The normalized spacial score (nSPS) is 10.4. The molecule has 0 spiro atoms. The Labute approximate surface area is 56.6 Å². The van der Waals surface area contributed by atoms with E-state index in [9.17, 15) is 0 Å². The minimum absolute atomic E-state index is 0.384. The quantitative estimate of drug-likeness (QED) is 0.580. The van der Waals surface area contributed by atoms with E-state index in [0.29, 0.717) is 11.4 Å². The summed E-state index contributed by atoms with van der Waals surface area (Å²) in [4.78, 5) is 3.82. The van der Waals surface area contributed by atoms with Gasteiger partial charge in [0.25, 0.3) is 0 Å². The van der Waals surface area contributed by atoms with Crippen molar-refractivity contribution in [2.75, 3.05) is 5.73 Å². The summed E-state index contributed by atoms with van der Waals surface area (Å²) >= 11 is 0. The lowest BCUT2D eigenvalue weighted by Gasteiger charge is -1.88. The van der Waals surface area contributed by atoms with Crippen molar-refractivity contribution >= 4 is 16.8 Å². The molecule has 4 nitrogen and oxygen atoms in total. The first-order chi connectivity index (χ1) is 4.88. The fourth-order valence-corrected chi connectivity index (χ4v) is 0.817. The molecule has 0 aliphatic rings. The second kappa shape index (κ2) is 1.70. The lowest BCUT2D eigenvalue weighted by Crippen LogP contribution is -1.87. The number of nitrogens with two attached hydrogens (primary N) is 1. The van der Waals surface area contributed by atoms with Crippen molar-refractivity contribution in [1.82, 2.24) is 10.1 Å². The van der Waals surface area contributed by atoms with Crippen molar-refractivity contribution < 1.29 is 4.52 Å². The SMILES string of the molecule is Nc1nccc2cnoc12. The fraction of sp³-hybridized carbons (Fsp3) is 0. The zero-order chi connectivity index (χ0) is 6.97. The molecule has 0 unspecified atom stereocenters. The maximum atomic E-state index is 5.46. The number of nitrogens with zero attached hydrogens (tertiary/aromatic N) is 2. The molecule has 2 rings (SSSR count). The van der Waals surface area contributed by atoms with Gasteiger partial charge < -0.3 is 10.3 Å². The summed E-state index contributed by atoms with van der Waals surface area (Å²) in [7, 11) is 0. The average molecular weight is 135 g/mol. The highest BCUT2D eigenvalue weighted by molar-refractivity contribution is 5.84. The predicted octanol–water partition coefficient (Wildman–Crippen LogP) is 0.805. The van der Waals surface area contributed by atoms with Crippen LogP contribution in [-0.4, -0.2) is 10.1 Å². The second-order valence-electron chi connectivity index (χ2n) is 1.94. The van der Waals surface area contributed by atoms with E-state index in [-0.39, 0.29) is 0 Å². The van der Waals surface area contributed by atoms with Gasteiger partial charge in [-0.05, 0) is 6.07 Å². The van der Waals surface area contributed by atoms with Crippen molar-refractivity contribution in [1.29, 1.82) is 0 Å². The summed E-state index contributed by atoms with van der Waals surface area (Å²) in [5.74, 6) is 0.384. The molecule has 10 heavy (non-hydrogen) atoms. The Morgan fingerprint density at radius 2 is 2.40 bits per heavy atom. The van der Waals surface area contributed by atoms with E-state index in [1.807, 2.05) is 0 Å². The number of fused-ring (bicyclic) bond motifs is 1. The summed E-state index contributed by atoms with van der Waals surface area (Å²) in [6.07, 6.45) is 3.22. The number of rotatable bonds is 0. The molecule has 2 N–H and O–H groups in total. The molecular weight excluding hydrogens is 130 g/mol. The summed E-state index contributed by atoms with van der Waals surface area (Å²) in [6.45, 7) is 0. The van der Waals surface area contributed by atoms with Crippen LogP contribution in [0.15, 0.2) is 23.0 Å². The maximum Gasteiger partial charge on any atom is 0.208 e. The summed E-state index contributed by atoms with van der Waals surface area (Å²) < 4.78 is 4.81. The number of anilines is 1. The standard InChI is InChI=1S/C6H5N3O/c7-6-5-4(1-2-8-6)3-9-10-5/h1-3H,(H2,7,8). The largest absolute Gasteiger partial charge is 0.380 e. The first-order valence-corrected chi connectivity index (χ1v) is 2.83. The Kier molecular flexibility index (Phi) is 0.887. The van der Waals surface area contributed by atoms with E-state index in [0.717, 1.165) is 5.39 Å². The van der Waals surface area contributed by atoms with Crippen LogP contribution in [-0.2, 0) is 0 Å². The van der Waals surface area contributed by atoms with Crippen LogP contribution in [0.5, 0.6) is 0 Å². The van der Waals surface area contributed by atoms with Crippen LogP contribution in [0.3, 0.4) is 0 Å². The van der Waals surface area contributed by atoms with Gasteiger partial charge in [-0.15, -0.1) is 0 Å². The number of aromatic nitrogens is 2. The number of pyridine rings is 1. The maximum absolute atomic E-state index is 5.46. The zero-order valence-electron chi connectivity index (χ0n) is 5.11. The van der Waals surface area contributed by atoms with Crippen molar-refractivity contribution in [3.8, 4) is 0 Å². The molecule has 0 atom stereocenters. The first-order valence-electron chi connectivity index (χ1n) is 2.83. The predicted molar refractivity (Wildman–Crippen MR) is 36.2 cm³/mol. The average Bonchev–Trinajstić information content (AvgIpc) is 2.36. The number of hydrogen-bond donors (Lipinski definition) is 1. The Hall–Kier alpha value is -1.58. The van der Waals surface area contributed by atoms with Crippen molar-refractivity contribution in [3.63, 3.8) is 0 Å². The van der Waals surface area contributed by atoms with E-state index in [1.165, 1.54) is 0 Å². The summed E-state index contributed by atoms with van der Waals surface area (Å²) in [5, 5.41) is 4.45. The van der Waals surface area contributed by atoms with Crippen LogP contribution >= 0.6 is 0 Å². The van der Waals surface area contributed by atoms with E-state index in [1.54, 1.807) is 18.5 Å². The molecule has 0 radical (unpaired) electrons. The lowest BCUT2D eigenvalue weighted by molar-refractivity contribution is 0.457. The molecule has 0 saturated carbocycles. The molecule has 0 bridgehead atoms. The van der Waals surface area contributed by atoms with Gasteiger partial charge in [-0.3, -0.25) is 0 Å². The third kappa shape index (κ3) is 0.556. The molecule has 0 fully saturated rings. The van der Waals surface area contributed by atoms with Gasteiger partial charge in [0.05, 0.1) is 6.20 Å². The van der Waals surface area contributed by atoms with E-state index >= 15 is 0 Å².